The fraction of sp³-hybridized carbons (Fsp3) is 0.333. The summed E-state index contributed by atoms with van der Waals surface area (Å²) in [4.78, 5) is 28.2. The lowest BCUT2D eigenvalue weighted by Gasteiger charge is -2.33. The topological polar surface area (TPSA) is 61.9 Å². The summed E-state index contributed by atoms with van der Waals surface area (Å²) in [5, 5.41) is 2.92. The molecule has 0 fully saturated rings. The Morgan fingerprint density at radius 2 is 1.85 bits per heavy atom. The van der Waals surface area contributed by atoms with E-state index in [1.54, 1.807) is 11.0 Å². The van der Waals surface area contributed by atoms with Crippen molar-refractivity contribution in [3.05, 3.63) is 54.6 Å². The minimum atomic E-state index is -0.698. The summed E-state index contributed by atoms with van der Waals surface area (Å²) in [6, 6.07) is 17.4. The number of benzene rings is 2. The van der Waals surface area contributed by atoms with Gasteiger partial charge in [0.2, 0.25) is 5.91 Å². The lowest BCUT2D eigenvalue weighted by Crippen LogP contribution is -2.50. The van der Waals surface area contributed by atoms with Crippen molar-refractivity contribution in [2.75, 3.05) is 36.5 Å². The van der Waals surface area contributed by atoms with Crippen LogP contribution < -0.4 is 19.9 Å². The minimum Gasteiger partial charge on any atom is -0.477 e. The molecule has 0 aliphatic carbocycles. The van der Waals surface area contributed by atoms with Crippen molar-refractivity contribution in [3.63, 3.8) is 0 Å². The van der Waals surface area contributed by atoms with E-state index < -0.39 is 6.10 Å². The van der Waals surface area contributed by atoms with Gasteiger partial charge in [0.1, 0.15) is 5.75 Å². The lowest BCUT2D eigenvalue weighted by atomic mass is 10.1. The smallest absolute Gasteiger partial charge is 0.262 e. The number of anilines is 2. The Morgan fingerprint density at radius 1 is 1.15 bits per heavy atom. The number of nitrogens with one attached hydrogen (secondary N) is 1. The molecule has 6 heteroatoms. The van der Waals surface area contributed by atoms with Crippen LogP contribution in [0, 0.1) is 0 Å². The van der Waals surface area contributed by atoms with E-state index in [0.717, 1.165) is 18.7 Å². The van der Waals surface area contributed by atoms with Crippen molar-refractivity contribution in [1.29, 1.82) is 0 Å². The van der Waals surface area contributed by atoms with E-state index in [-0.39, 0.29) is 18.4 Å². The number of para-hydroxylation sites is 3. The SMILES string of the molecule is CC(=O)N1CC(C(=O)NCCCN(C)c2ccccc2)Oc2ccccc21. The van der Waals surface area contributed by atoms with E-state index >= 15 is 0 Å². The van der Waals surface area contributed by atoms with Crippen LogP contribution in [0.15, 0.2) is 54.6 Å². The Balaban J connectivity index is 1.51. The van der Waals surface area contributed by atoms with Crippen LogP contribution >= 0.6 is 0 Å². The zero-order valence-corrected chi connectivity index (χ0v) is 15.7. The highest BCUT2D eigenvalue weighted by molar-refractivity contribution is 5.95. The summed E-state index contributed by atoms with van der Waals surface area (Å²) in [6.07, 6.45) is 0.118. The molecule has 0 saturated carbocycles. The van der Waals surface area contributed by atoms with Gasteiger partial charge >= 0.3 is 0 Å². The Labute approximate surface area is 159 Å². The summed E-state index contributed by atoms with van der Waals surface area (Å²) in [5.74, 6) is 0.258. The second-order valence-electron chi connectivity index (χ2n) is 6.61. The zero-order chi connectivity index (χ0) is 19.2. The molecule has 27 heavy (non-hydrogen) atoms. The van der Waals surface area contributed by atoms with Gasteiger partial charge in [0.25, 0.3) is 5.91 Å². The monoisotopic (exact) mass is 367 g/mol. The molecular weight excluding hydrogens is 342 g/mol. The molecule has 0 saturated heterocycles. The van der Waals surface area contributed by atoms with Gasteiger partial charge in [0.15, 0.2) is 6.10 Å². The van der Waals surface area contributed by atoms with Crippen LogP contribution in [0.1, 0.15) is 13.3 Å². The number of carbonyl (C=O) groups is 2. The molecule has 0 spiro atoms. The van der Waals surface area contributed by atoms with E-state index in [1.807, 2.05) is 43.4 Å². The van der Waals surface area contributed by atoms with Gasteiger partial charge in [-0.25, -0.2) is 0 Å². The minimum absolute atomic E-state index is 0.104. The molecule has 2 aromatic carbocycles. The van der Waals surface area contributed by atoms with Crippen LogP contribution in [-0.2, 0) is 9.59 Å². The largest absolute Gasteiger partial charge is 0.477 e. The highest BCUT2D eigenvalue weighted by Gasteiger charge is 2.32. The molecule has 2 aromatic rings. The number of ether oxygens (including phenoxy) is 1. The van der Waals surface area contributed by atoms with E-state index in [9.17, 15) is 9.59 Å². The number of hydrogen-bond donors (Lipinski definition) is 1. The first-order valence-electron chi connectivity index (χ1n) is 9.14. The predicted molar refractivity (Wildman–Crippen MR) is 106 cm³/mol. The average molecular weight is 367 g/mol. The van der Waals surface area contributed by atoms with Crippen LogP contribution in [0.4, 0.5) is 11.4 Å². The Kier molecular flexibility index (Phi) is 5.96. The fourth-order valence-corrected chi connectivity index (χ4v) is 3.12. The zero-order valence-electron chi connectivity index (χ0n) is 15.7. The third kappa shape index (κ3) is 4.58. The van der Waals surface area contributed by atoms with Gasteiger partial charge < -0.3 is 19.9 Å². The first-order valence-corrected chi connectivity index (χ1v) is 9.14. The van der Waals surface area contributed by atoms with E-state index in [0.29, 0.717) is 18.0 Å². The number of nitrogens with zero attached hydrogens (tertiary/aromatic N) is 2. The number of hydrogen-bond acceptors (Lipinski definition) is 4. The highest BCUT2D eigenvalue weighted by Crippen LogP contribution is 2.33. The first-order chi connectivity index (χ1) is 13.1. The molecule has 0 aromatic heterocycles. The van der Waals surface area contributed by atoms with Crippen LogP contribution in [0.5, 0.6) is 5.75 Å². The molecular formula is C21H25N3O3. The van der Waals surface area contributed by atoms with Gasteiger partial charge in [-0.3, -0.25) is 9.59 Å². The van der Waals surface area contributed by atoms with Crippen LogP contribution in [-0.4, -0.2) is 44.6 Å². The van der Waals surface area contributed by atoms with E-state index in [2.05, 4.69) is 22.3 Å². The normalized spacial score (nSPS) is 15.5. The molecule has 3 rings (SSSR count). The van der Waals surface area contributed by atoms with Crippen LogP contribution in [0.25, 0.3) is 0 Å². The standard InChI is InChI=1S/C21H25N3O3/c1-16(25)24-15-20(27-19-12-7-6-11-18(19)24)21(26)22-13-8-14-23(2)17-9-4-3-5-10-17/h3-7,9-12,20H,8,13-15H2,1-2H3,(H,22,26). The molecule has 0 radical (unpaired) electrons. The maximum atomic E-state index is 12.5. The third-order valence-corrected chi connectivity index (χ3v) is 4.61. The number of rotatable bonds is 6. The Hall–Kier alpha value is -3.02. The van der Waals surface area contributed by atoms with Crippen molar-refractivity contribution >= 4 is 23.2 Å². The second-order valence-corrected chi connectivity index (χ2v) is 6.61. The van der Waals surface area contributed by atoms with Gasteiger partial charge in [-0.15, -0.1) is 0 Å². The molecule has 1 unspecified atom stereocenters. The Bertz CT molecular complexity index is 794. The molecule has 142 valence electrons. The van der Waals surface area contributed by atoms with Gasteiger partial charge in [0, 0.05) is 32.7 Å². The van der Waals surface area contributed by atoms with Crippen molar-refractivity contribution < 1.29 is 14.3 Å². The molecule has 6 nitrogen and oxygen atoms in total. The van der Waals surface area contributed by atoms with Crippen molar-refractivity contribution in [2.24, 2.45) is 0 Å². The van der Waals surface area contributed by atoms with Crippen molar-refractivity contribution in [2.45, 2.75) is 19.4 Å². The lowest BCUT2D eigenvalue weighted by molar-refractivity contribution is -0.128. The number of amides is 2. The third-order valence-electron chi connectivity index (χ3n) is 4.61. The van der Waals surface area contributed by atoms with Gasteiger partial charge in [-0.1, -0.05) is 30.3 Å². The van der Waals surface area contributed by atoms with E-state index in [1.165, 1.54) is 6.92 Å². The number of carbonyl (C=O) groups excluding carboxylic acids is 2. The van der Waals surface area contributed by atoms with Gasteiger partial charge in [0.05, 0.1) is 12.2 Å². The molecule has 1 atom stereocenters. The van der Waals surface area contributed by atoms with Crippen molar-refractivity contribution in [1.82, 2.24) is 5.32 Å². The molecule has 1 aliphatic heterocycles. The summed E-state index contributed by atoms with van der Waals surface area (Å²) in [5.41, 5.74) is 1.85. The average Bonchev–Trinajstić information content (AvgIpc) is 2.70. The quantitative estimate of drug-likeness (QED) is 0.797. The van der Waals surface area contributed by atoms with Crippen molar-refractivity contribution in [3.8, 4) is 5.75 Å². The predicted octanol–water partition coefficient (Wildman–Crippen LogP) is 2.44. The maximum Gasteiger partial charge on any atom is 0.262 e. The fourth-order valence-electron chi connectivity index (χ4n) is 3.12. The first kappa shape index (κ1) is 18.8. The molecule has 1 aliphatic rings. The van der Waals surface area contributed by atoms with Gasteiger partial charge in [-0.05, 0) is 30.7 Å². The van der Waals surface area contributed by atoms with Crippen LogP contribution in [0.2, 0.25) is 0 Å². The van der Waals surface area contributed by atoms with Crippen LogP contribution in [0.3, 0.4) is 0 Å². The second kappa shape index (κ2) is 8.58. The summed E-state index contributed by atoms with van der Waals surface area (Å²) >= 11 is 0. The summed E-state index contributed by atoms with van der Waals surface area (Å²) in [6.45, 7) is 3.11. The molecule has 0 bridgehead atoms. The Morgan fingerprint density at radius 3 is 2.59 bits per heavy atom. The molecule has 1 heterocycles. The highest BCUT2D eigenvalue weighted by atomic mass is 16.5. The number of fused-ring (bicyclic) bond motifs is 1. The molecule has 1 N–H and O–H groups in total. The molecule has 2 amide bonds. The maximum absolute atomic E-state index is 12.5. The summed E-state index contributed by atoms with van der Waals surface area (Å²) < 4.78 is 5.81. The van der Waals surface area contributed by atoms with E-state index in [4.69, 9.17) is 4.74 Å². The van der Waals surface area contributed by atoms with Gasteiger partial charge in [-0.2, -0.15) is 0 Å². The summed E-state index contributed by atoms with van der Waals surface area (Å²) in [7, 11) is 2.03.